The Morgan fingerprint density at radius 1 is 1.19 bits per heavy atom. The highest BCUT2D eigenvalue weighted by molar-refractivity contribution is 5.72. The van der Waals surface area contributed by atoms with E-state index < -0.39 is 5.60 Å². The van der Waals surface area contributed by atoms with Gasteiger partial charge in [-0.3, -0.25) is 4.79 Å². The molecule has 10 nitrogen and oxygen atoms in total. The first-order valence-corrected chi connectivity index (χ1v) is 10.9. The fourth-order valence-electron chi connectivity index (χ4n) is 3.79. The molecule has 1 aliphatic rings. The number of carbonyl (C=O) groups excluding carboxylic acids is 1. The van der Waals surface area contributed by atoms with E-state index in [-0.39, 0.29) is 23.0 Å². The molecule has 0 unspecified atom stereocenters. The van der Waals surface area contributed by atoms with E-state index in [9.17, 15) is 9.59 Å². The van der Waals surface area contributed by atoms with E-state index in [0.29, 0.717) is 48.9 Å². The number of aromatic nitrogens is 5. The molecule has 32 heavy (non-hydrogen) atoms. The predicted molar refractivity (Wildman–Crippen MR) is 118 cm³/mol. The molecular weight excluding hydrogens is 412 g/mol. The van der Waals surface area contributed by atoms with Crippen LogP contribution in [0.15, 0.2) is 21.6 Å². The molecule has 0 radical (unpaired) electrons. The van der Waals surface area contributed by atoms with Gasteiger partial charge in [0.05, 0.1) is 17.5 Å². The average molecular weight is 443 g/mol. The highest BCUT2D eigenvalue weighted by Crippen LogP contribution is 2.30. The third-order valence-corrected chi connectivity index (χ3v) is 5.41. The zero-order chi connectivity index (χ0) is 23.3. The molecule has 1 N–H and O–H groups in total. The maximum atomic E-state index is 12.5. The molecule has 3 aromatic rings. The van der Waals surface area contributed by atoms with Gasteiger partial charge < -0.3 is 19.1 Å². The van der Waals surface area contributed by atoms with Crippen molar-refractivity contribution in [1.29, 1.82) is 0 Å². The van der Waals surface area contributed by atoms with Gasteiger partial charge in [-0.05, 0) is 33.6 Å². The van der Waals surface area contributed by atoms with Crippen LogP contribution in [0.1, 0.15) is 71.9 Å². The Labute approximate surface area is 185 Å². The van der Waals surface area contributed by atoms with Gasteiger partial charge in [0, 0.05) is 30.5 Å². The van der Waals surface area contributed by atoms with Gasteiger partial charge in [0.25, 0.3) is 5.56 Å². The van der Waals surface area contributed by atoms with Crippen molar-refractivity contribution in [2.45, 2.75) is 71.3 Å². The van der Waals surface area contributed by atoms with Crippen LogP contribution in [0, 0.1) is 0 Å². The molecule has 0 atom stereocenters. The van der Waals surface area contributed by atoms with Crippen molar-refractivity contribution >= 4 is 11.7 Å². The second-order valence-electron chi connectivity index (χ2n) is 10.3. The van der Waals surface area contributed by atoms with Crippen LogP contribution in [0.2, 0.25) is 0 Å². The number of amides is 1. The molecule has 172 valence electrons. The maximum absolute atomic E-state index is 12.5. The normalized spacial score (nSPS) is 16.0. The second kappa shape index (κ2) is 7.75. The van der Waals surface area contributed by atoms with Crippen molar-refractivity contribution in [3.63, 3.8) is 0 Å². The number of piperidine rings is 1. The van der Waals surface area contributed by atoms with Gasteiger partial charge in [-0.1, -0.05) is 25.9 Å². The summed E-state index contributed by atoms with van der Waals surface area (Å²) in [4.78, 5) is 33.9. The number of ether oxygens (including phenoxy) is 1. The summed E-state index contributed by atoms with van der Waals surface area (Å²) in [5.74, 6) is 0.985. The third-order valence-electron chi connectivity index (χ3n) is 5.41. The zero-order valence-corrected chi connectivity index (χ0v) is 19.4. The SMILES string of the molecule is CC(C)(C)OC(=O)N1CCC(c2cc(=O)[nH]c3c(-c4noc(C(C)(C)C)n4)cnn23)CC1. The van der Waals surface area contributed by atoms with Crippen LogP contribution in [0.3, 0.4) is 0 Å². The summed E-state index contributed by atoms with van der Waals surface area (Å²) in [6.45, 7) is 12.7. The van der Waals surface area contributed by atoms with Gasteiger partial charge in [-0.15, -0.1) is 0 Å². The Balaban J connectivity index is 1.60. The van der Waals surface area contributed by atoms with Gasteiger partial charge in [0.1, 0.15) is 11.2 Å². The minimum Gasteiger partial charge on any atom is -0.444 e. The number of nitrogens with one attached hydrogen (secondary N) is 1. The largest absolute Gasteiger partial charge is 0.444 e. The zero-order valence-electron chi connectivity index (χ0n) is 19.4. The standard InChI is InChI=1S/C22H30N6O4/c1-21(2,3)19-25-17(26-32-19)14-12-23-28-15(11-16(29)24-18(14)28)13-7-9-27(10-8-13)20(30)31-22(4,5)6/h11-13H,7-10H2,1-6H3,(H,24,29). The fourth-order valence-corrected chi connectivity index (χ4v) is 3.79. The van der Waals surface area contributed by atoms with Crippen molar-refractivity contribution < 1.29 is 14.1 Å². The monoisotopic (exact) mass is 442 g/mol. The van der Waals surface area contributed by atoms with E-state index in [2.05, 4.69) is 20.2 Å². The van der Waals surface area contributed by atoms with E-state index in [1.807, 2.05) is 41.5 Å². The first-order chi connectivity index (χ1) is 14.9. The Hall–Kier alpha value is -3.17. The third kappa shape index (κ3) is 4.39. The van der Waals surface area contributed by atoms with Crippen LogP contribution in [0.25, 0.3) is 17.0 Å². The molecule has 4 rings (SSSR count). The van der Waals surface area contributed by atoms with Crippen molar-refractivity contribution in [2.75, 3.05) is 13.1 Å². The molecular formula is C22H30N6O4. The molecule has 1 fully saturated rings. The van der Waals surface area contributed by atoms with Gasteiger partial charge in [0.2, 0.25) is 11.7 Å². The highest BCUT2D eigenvalue weighted by atomic mass is 16.6. The number of likely N-dealkylation sites (tertiary alicyclic amines) is 1. The van der Waals surface area contributed by atoms with Crippen LogP contribution >= 0.6 is 0 Å². The summed E-state index contributed by atoms with van der Waals surface area (Å²) in [5, 5.41) is 8.59. The summed E-state index contributed by atoms with van der Waals surface area (Å²) >= 11 is 0. The smallest absolute Gasteiger partial charge is 0.410 e. The number of rotatable bonds is 2. The van der Waals surface area contributed by atoms with Crippen LogP contribution in [0.5, 0.6) is 0 Å². The minimum absolute atomic E-state index is 0.0849. The summed E-state index contributed by atoms with van der Waals surface area (Å²) in [6.07, 6.45) is 2.76. The number of fused-ring (bicyclic) bond motifs is 1. The molecule has 0 bridgehead atoms. The van der Waals surface area contributed by atoms with Gasteiger partial charge in [0.15, 0.2) is 0 Å². The lowest BCUT2D eigenvalue weighted by molar-refractivity contribution is 0.0203. The predicted octanol–water partition coefficient (Wildman–Crippen LogP) is 3.48. The van der Waals surface area contributed by atoms with Crippen LogP contribution in [-0.4, -0.2) is 54.4 Å². The van der Waals surface area contributed by atoms with Gasteiger partial charge in [-0.25, -0.2) is 9.31 Å². The van der Waals surface area contributed by atoms with Crippen LogP contribution < -0.4 is 5.56 Å². The fraction of sp³-hybridized carbons (Fsp3) is 0.591. The first kappa shape index (κ1) is 22.0. The van der Waals surface area contributed by atoms with Crippen molar-refractivity contribution in [1.82, 2.24) is 29.6 Å². The Kier molecular flexibility index (Phi) is 5.34. The highest BCUT2D eigenvalue weighted by Gasteiger charge is 2.30. The summed E-state index contributed by atoms with van der Waals surface area (Å²) in [5.41, 5.74) is 0.911. The van der Waals surface area contributed by atoms with Gasteiger partial charge >= 0.3 is 6.09 Å². The quantitative estimate of drug-likeness (QED) is 0.645. The molecule has 0 saturated carbocycles. The molecule has 1 aliphatic heterocycles. The topological polar surface area (TPSA) is 119 Å². The minimum atomic E-state index is -0.527. The molecule has 0 aromatic carbocycles. The van der Waals surface area contributed by atoms with Crippen molar-refractivity contribution in [3.8, 4) is 11.4 Å². The van der Waals surface area contributed by atoms with Crippen LogP contribution in [0.4, 0.5) is 4.79 Å². The molecule has 4 heterocycles. The Bertz CT molecular complexity index is 1190. The maximum Gasteiger partial charge on any atom is 0.410 e. The first-order valence-electron chi connectivity index (χ1n) is 10.9. The molecule has 1 amide bonds. The lowest BCUT2D eigenvalue weighted by atomic mass is 9.93. The molecule has 0 spiro atoms. The average Bonchev–Trinajstić information content (AvgIpc) is 3.32. The van der Waals surface area contributed by atoms with E-state index in [1.54, 1.807) is 21.7 Å². The number of aromatic amines is 1. The molecule has 3 aromatic heterocycles. The number of hydrogen-bond donors (Lipinski definition) is 1. The Morgan fingerprint density at radius 3 is 2.47 bits per heavy atom. The van der Waals surface area contributed by atoms with Crippen molar-refractivity contribution in [2.24, 2.45) is 0 Å². The van der Waals surface area contributed by atoms with Crippen LogP contribution in [-0.2, 0) is 10.2 Å². The Morgan fingerprint density at radius 2 is 1.88 bits per heavy atom. The number of hydrogen-bond acceptors (Lipinski definition) is 7. The molecule has 10 heteroatoms. The molecule has 0 aliphatic carbocycles. The number of nitrogens with zero attached hydrogens (tertiary/aromatic N) is 5. The summed E-state index contributed by atoms with van der Waals surface area (Å²) in [6, 6.07) is 1.58. The lowest BCUT2D eigenvalue weighted by Crippen LogP contribution is -2.41. The second-order valence-corrected chi connectivity index (χ2v) is 10.3. The van der Waals surface area contributed by atoms with E-state index >= 15 is 0 Å². The summed E-state index contributed by atoms with van der Waals surface area (Å²) < 4.78 is 12.6. The van der Waals surface area contributed by atoms with E-state index in [4.69, 9.17) is 9.26 Å². The lowest BCUT2D eigenvalue weighted by Gasteiger charge is -2.33. The summed E-state index contributed by atoms with van der Waals surface area (Å²) in [7, 11) is 0. The number of H-pyrrole nitrogens is 1. The van der Waals surface area contributed by atoms with Gasteiger partial charge in [-0.2, -0.15) is 10.1 Å². The number of carbonyl (C=O) groups is 1. The van der Waals surface area contributed by atoms with Crippen molar-refractivity contribution in [3.05, 3.63) is 34.2 Å². The van der Waals surface area contributed by atoms with E-state index in [0.717, 1.165) is 5.69 Å². The van der Waals surface area contributed by atoms with E-state index in [1.165, 1.54) is 0 Å². The molecule has 1 saturated heterocycles.